The van der Waals surface area contributed by atoms with Crippen molar-refractivity contribution in [2.24, 2.45) is 0 Å². The number of aliphatic hydroxyl groups is 1. The van der Waals surface area contributed by atoms with Gasteiger partial charge in [0.05, 0.1) is 24.4 Å². The number of ketones is 1. The largest absolute Gasteiger partial charge is 0.507 e. The molecule has 1 amide bonds. The maximum Gasteiger partial charge on any atom is 0.296 e. The second-order valence-corrected chi connectivity index (χ2v) is 6.76. The molecule has 29 heavy (non-hydrogen) atoms. The number of pyridine rings is 1. The Morgan fingerprint density at radius 1 is 1.24 bits per heavy atom. The zero-order valence-corrected chi connectivity index (χ0v) is 15.5. The first-order valence-corrected chi connectivity index (χ1v) is 8.94. The Hall–Kier alpha value is -3.74. The standard InChI is InChI=1S/C22H17FN2O4/c1-13-6-7-14(10-17(13)23)20(26)18-19(15-4-2-8-24-11-15)25(22(28)21(18)27)12-16-5-3-9-29-16/h2-11,19,26H,12H2,1H3/t19-/m1/s1. The molecule has 1 saturated heterocycles. The van der Waals surface area contributed by atoms with Crippen molar-refractivity contribution in [1.82, 2.24) is 9.88 Å². The Morgan fingerprint density at radius 3 is 2.72 bits per heavy atom. The number of hydrogen-bond acceptors (Lipinski definition) is 5. The van der Waals surface area contributed by atoms with Crippen LogP contribution in [0.3, 0.4) is 0 Å². The van der Waals surface area contributed by atoms with Gasteiger partial charge in [-0.25, -0.2) is 4.39 Å². The lowest BCUT2D eigenvalue weighted by atomic mass is 9.96. The van der Waals surface area contributed by atoms with E-state index in [1.807, 2.05) is 0 Å². The van der Waals surface area contributed by atoms with Gasteiger partial charge in [-0.15, -0.1) is 0 Å². The van der Waals surface area contributed by atoms with Gasteiger partial charge in [0.15, 0.2) is 0 Å². The van der Waals surface area contributed by atoms with Gasteiger partial charge in [-0.2, -0.15) is 0 Å². The molecule has 1 aliphatic heterocycles. The van der Waals surface area contributed by atoms with Gasteiger partial charge in [0.1, 0.15) is 17.3 Å². The van der Waals surface area contributed by atoms with Gasteiger partial charge in [0.2, 0.25) is 0 Å². The zero-order valence-electron chi connectivity index (χ0n) is 15.5. The third-order valence-electron chi connectivity index (χ3n) is 4.89. The number of Topliss-reactive ketones (excluding diaryl/α,β-unsaturated/α-hetero) is 1. The van der Waals surface area contributed by atoms with E-state index in [1.54, 1.807) is 37.4 Å². The molecule has 1 fully saturated rings. The van der Waals surface area contributed by atoms with E-state index in [2.05, 4.69) is 4.98 Å². The number of benzene rings is 1. The number of halogens is 1. The van der Waals surface area contributed by atoms with Gasteiger partial charge in [-0.3, -0.25) is 14.6 Å². The van der Waals surface area contributed by atoms with Gasteiger partial charge >= 0.3 is 0 Å². The van der Waals surface area contributed by atoms with E-state index in [0.29, 0.717) is 16.9 Å². The summed E-state index contributed by atoms with van der Waals surface area (Å²) in [6, 6.07) is 10.0. The summed E-state index contributed by atoms with van der Waals surface area (Å²) in [4.78, 5) is 31.0. The van der Waals surface area contributed by atoms with E-state index in [4.69, 9.17) is 4.42 Å². The molecule has 0 radical (unpaired) electrons. The Balaban J connectivity index is 1.87. The summed E-state index contributed by atoms with van der Waals surface area (Å²) in [7, 11) is 0. The molecule has 3 heterocycles. The molecule has 0 aliphatic carbocycles. The first-order valence-electron chi connectivity index (χ1n) is 8.94. The molecule has 7 heteroatoms. The summed E-state index contributed by atoms with van der Waals surface area (Å²) in [6.07, 6.45) is 4.56. The van der Waals surface area contributed by atoms with Gasteiger partial charge in [-0.05, 0) is 42.3 Å². The van der Waals surface area contributed by atoms with E-state index < -0.39 is 29.3 Å². The van der Waals surface area contributed by atoms with Crippen LogP contribution in [0.25, 0.3) is 5.76 Å². The Kier molecular flexibility index (Phi) is 4.72. The van der Waals surface area contributed by atoms with Gasteiger partial charge in [-0.1, -0.05) is 18.2 Å². The SMILES string of the molecule is Cc1ccc(C(O)=C2C(=O)C(=O)N(Cc3ccco3)[C@@H]2c2cccnc2)cc1F. The molecule has 0 bridgehead atoms. The number of carbonyl (C=O) groups is 2. The fourth-order valence-electron chi connectivity index (χ4n) is 3.39. The summed E-state index contributed by atoms with van der Waals surface area (Å²) in [5.41, 5.74) is 0.965. The van der Waals surface area contributed by atoms with Crippen LogP contribution in [0.1, 0.15) is 28.5 Å². The molecule has 1 aliphatic rings. The van der Waals surface area contributed by atoms with Gasteiger partial charge in [0.25, 0.3) is 11.7 Å². The first kappa shape index (κ1) is 18.6. The maximum atomic E-state index is 14.0. The smallest absolute Gasteiger partial charge is 0.296 e. The highest BCUT2D eigenvalue weighted by Crippen LogP contribution is 2.40. The molecule has 6 nitrogen and oxygen atoms in total. The van der Waals surface area contributed by atoms with E-state index in [1.165, 1.54) is 29.5 Å². The highest BCUT2D eigenvalue weighted by atomic mass is 19.1. The van der Waals surface area contributed by atoms with Crippen molar-refractivity contribution in [2.45, 2.75) is 19.5 Å². The molecule has 1 N–H and O–H groups in total. The molecule has 1 aromatic carbocycles. The van der Waals surface area contributed by atoms with E-state index >= 15 is 0 Å². The number of amides is 1. The monoisotopic (exact) mass is 392 g/mol. The van der Waals surface area contributed by atoms with E-state index in [-0.39, 0.29) is 17.7 Å². The number of furan rings is 1. The molecule has 0 spiro atoms. The Labute approximate surface area is 165 Å². The number of likely N-dealkylation sites (tertiary alicyclic amines) is 1. The third-order valence-corrected chi connectivity index (χ3v) is 4.89. The lowest BCUT2D eigenvalue weighted by Gasteiger charge is -2.24. The van der Waals surface area contributed by atoms with Crippen molar-refractivity contribution in [1.29, 1.82) is 0 Å². The summed E-state index contributed by atoms with van der Waals surface area (Å²) in [6.45, 7) is 1.63. The van der Waals surface area contributed by atoms with Crippen LogP contribution in [0, 0.1) is 12.7 Å². The molecule has 146 valence electrons. The van der Waals surface area contributed by atoms with Crippen LogP contribution in [0.15, 0.2) is 71.1 Å². The maximum absolute atomic E-state index is 14.0. The lowest BCUT2D eigenvalue weighted by Crippen LogP contribution is -2.29. The molecular formula is C22H17FN2O4. The number of aryl methyl sites for hydroxylation is 1. The summed E-state index contributed by atoms with van der Waals surface area (Å²) in [5.74, 6) is -2.08. The summed E-state index contributed by atoms with van der Waals surface area (Å²) >= 11 is 0. The molecule has 4 rings (SSSR count). The van der Waals surface area contributed by atoms with E-state index in [0.717, 1.165) is 6.07 Å². The second kappa shape index (κ2) is 7.35. The minimum absolute atomic E-state index is 0.0379. The molecule has 3 aromatic rings. The topological polar surface area (TPSA) is 83.6 Å². The number of rotatable bonds is 4. The predicted molar refractivity (Wildman–Crippen MR) is 102 cm³/mol. The third kappa shape index (κ3) is 3.31. The van der Waals surface area contributed by atoms with Crippen LogP contribution in [0.2, 0.25) is 0 Å². The van der Waals surface area contributed by atoms with Crippen LogP contribution in [0.5, 0.6) is 0 Å². The predicted octanol–water partition coefficient (Wildman–Crippen LogP) is 3.74. The van der Waals surface area contributed by atoms with Crippen molar-refractivity contribution in [3.05, 3.63) is 95.0 Å². The van der Waals surface area contributed by atoms with Crippen molar-refractivity contribution in [3.63, 3.8) is 0 Å². The summed E-state index contributed by atoms with van der Waals surface area (Å²) in [5, 5.41) is 10.9. The number of carbonyl (C=O) groups excluding carboxylic acids is 2. The van der Waals surface area contributed by atoms with Crippen molar-refractivity contribution in [2.75, 3.05) is 0 Å². The fraction of sp³-hybridized carbons (Fsp3) is 0.136. The van der Waals surface area contributed by atoms with Gasteiger partial charge < -0.3 is 14.4 Å². The average Bonchev–Trinajstić information content (AvgIpc) is 3.32. The lowest BCUT2D eigenvalue weighted by molar-refractivity contribution is -0.140. The second-order valence-electron chi connectivity index (χ2n) is 6.76. The Bertz CT molecular complexity index is 1110. The number of aliphatic hydroxyl groups excluding tert-OH is 1. The van der Waals surface area contributed by atoms with Crippen LogP contribution < -0.4 is 0 Å². The first-order chi connectivity index (χ1) is 14.0. The fourth-order valence-corrected chi connectivity index (χ4v) is 3.39. The minimum Gasteiger partial charge on any atom is -0.507 e. The molecule has 2 aromatic heterocycles. The number of hydrogen-bond donors (Lipinski definition) is 1. The quantitative estimate of drug-likeness (QED) is 0.415. The zero-order chi connectivity index (χ0) is 20.5. The van der Waals surface area contributed by atoms with Crippen LogP contribution >= 0.6 is 0 Å². The van der Waals surface area contributed by atoms with Crippen LogP contribution in [-0.2, 0) is 16.1 Å². The van der Waals surface area contributed by atoms with E-state index in [9.17, 15) is 19.1 Å². The van der Waals surface area contributed by atoms with Gasteiger partial charge in [0, 0.05) is 18.0 Å². The minimum atomic E-state index is -0.877. The van der Waals surface area contributed by atoms with Crippen molar-refractivity contribution < 1.29 is 23.5 Å². The highest BCUT2D eigenvalue weighted by molar-refractivity contribution is 6.46. The van der Waals surface area contributed by atoms with Crippen molar-refractivity contribution >= 4 is 17.4 Å². The Morgan fingerprint density at radius 2 is 2.07 bits per heavy atom. The highest BCUT2D eigenvalue weighted by Gasteiger charge is 2.46. The van der Waals surface area contributed by atoms with Crippen molar-refractivity contribution in [3.8, 4) is 0 Å². The van der Waals surface area contributed by atoms with Crippen LogP contribution in [0.4, 0.5) is 4.39 Å². The average molecular weight is 392 g/mol. The molecule has 1 atom stereocenters. The molecule has 0 unspecified atom stereocenters. The number of nitrogens with zero attached hydrogens (tertiary/aromatic N) is 2. The normalized spacial score (nSPS) is 18.4. The summed E-state index contributed by atoms with van der Waals surface area (Å²) < 4.78 is 19.4. The molecule has 0 saturated carbocycles. The number of aromatic nitrogens is 1. The molecular weight excluding hydrogens is 375 g/mol. The van der Waals surface area contributed by atoms with Crippen LogP contribution in [-0.4, -0.2) is 26.7 Å².